The summed E-state index contributed by atoms with van der Waals surface area (Å²) in [5, 5.41) is 12.8. The largest absolute Gasteiger partial charge is 0.399 e. The number of aromatic nitrogens is 2. The number of rotatable bonds is 2. The summed E-state index contributed by atoms with van der Waals surface area (Å²) >= 11 is 1.52. The number of hydrogen-bond acceptors (Lipinski definition) is 5. The molecular formula is C9H10N4S. The lowest BCUT2D eigenvalue weighted by atomic mass is 10.3. The number of anilines is 3. The van der Waals surface area contributed by atoms with Crippen molar-refractivity contribution in [1.82, 2.24) is 10.2 Å². The highest BCUT2D eigenvalue weighted by Gasteiger charge is 1.99. The molecule has 2 aromatic rings. The Morgan fingerprint density at radius 1 is 1.21 bits per heavy atom. The summed E-state index contributed by atoms with van der Waals surface area (Å²) in [4.78, 5) is 0. The van der Waals surface area contributed by atoms with Crippen molar-refractivity contribution in [3.05, 3.63) is 29.3 Å². The number of nitrogens with one attached hydrogen (secondary N) is 1. The van der Waals surface area contributed by atoms with Crippen LogP contribution in [0.15, 0.2) is 24.3 Å². The van der Waals surface area contributed by atoms with Crippen molar-refractivity contribution in [2.24, 2.45) is 0 Å². The number of benzene rings is 1. The topological polar surface area (TPSA) is 63.8 Å². The van der Waals surface area contributed by atoms with Gasteiger partial charge in [0, 0.05) is 11.4 Å². The zero-order valence-electron chi connectivity index (χ0n) is 7.69. The van der Waals surface area contributed by atoms with Gasteiger partial charge in [-0.15, -0.1) is 10.2 Å². The molecule has 2 rings (SSSR count). The number of hydrogen-bond donors (Lipinski definition) is 2. The minimum absolute atomic E-state index is 0.754. The van der Waals surface area contributed by atoms with Crippen LogP contribution in [-0.4, -0.2) is 10.2 Å². The SMILES string of the molecule is Cc1nnc(Nc2ccc(N)cc2)s1. The van der Waals surface area contributed by atoms with E-state index in [1.165, 1.54) is 11.3 Å². The number of nitrogens with zero attached hydrogens (tertiary/aromatic N) is 2. The molecule has 72 valence electrons. The Bertz CT molecular complexity index is 421. The first-order valence-electron chi connectivity index (χ1n) is 4.17. The Labute approximate surface area is 85.8 Å². The standard InChI is InChI=1S/C9H10N4S/c1-6-12-13-9(14-6)11-8-4-2-7(10)3-5-8/h2-5H,10H2,1H3,(H,11,13). The van der Waals surface area contributed by atoms with E-state index in [1.54, 1.807) is 0 Å². The van der Waals surface area contributed by atoms with Crippen molar-refractivity contribution < 1.29 is 0 Å². The minimum Gasteiger partial charge on any atom is -0.399 e. The molecule has 1 aromatic heterocycles. The summed E-state index contributed by atoms with van der Waals surface area (Å²) < 4.78 is 0. The van der Waals surface area contributed by atoms with E-state index >= 15 is 0 Å². The van der Waals surface area contributed by atoms with Crippen molar-refractivity contribution in [1.29, 1.82) is 0 Å². The van der Waals surface area contributed by atoms with E-state index in [2.05, 4.69) is 15.5 Å². The molecule has 0 spiro atoms. The highest BCUT2D eigenvalue weighted by molar-refractivity contribution is 7.15. The average molecular weight is 206 g/mol. The second kappa shape index (κ2) is 3.63. The molecule has 0 saturated heterocycles. The van der Waals surface area contributed by atoms with Crippen LogP contribution in [0, 0.1) is 6.92 Å². The van der Waals surface area contributed by atoms with E-state index in [0.29, 0.717) is 0 Å². The zero-order valence-corrected chi connectivity index (χ0v) is 8.51. The normalized spacial score (nSPS) is 10.1. The van der Waals surface area contributed by atoms with Crippen molar-refractivity contribution >= 4 is 27.8 Å². The number of nitrogens with two attached hydrogens (primary N) is 1. The van der Waals surface area contributed by atoms with Gasteiger partial charge in [0.1, 0.15) is 5.01 Å². The zero-order chi connectivity index (χ0) is 9.97. The Hall–Kier alpha value is -1.62. The predicted octanol–water partition coefficient (Wildman–Crippen LogP) is 2.17. The van der Waals surface area contributed by atoms with Crippen LogP contribution < -0.4 is 11.1 Å². The van der Waals surface area contributed by atoms with Crippen LogP contribution in [0.2, 0.25) is 0 Å². The van der Waals surface area contributed by atoms with Crippen molar-refractivity contribution in [3.8, 4) is 0 Å². The monoisotopic (exact) mass is 206 g/mol. The molecule has 0 aliphatic carbocycles. The van der Waals surface area contributed by atoms with Gasteiger partial charge in [-0.1, -0.05) is 11.3 Å². The van der Waals surface area contributed by atoms with Crippen LogP contribution >= 0.6 is 11.3 Å². The maximum absolute atomic E-state index is 5.57. The van der Waals surface area contributed by atoms with Crippen LogP contribution in [0.4, 0.5) is 16.5 Å². The summed E-state index contributed by atoms with van der Waals surface area (Å²) in [5.41, 5.74) is 7.29. The van der Waals surface area contributed by atoms with E-state index in [9.17, 15) is 0 Å². The van der Waals surface area contributed by atoms with Crippen molar-refractivity contribution in [2.75, 3.05) is 11.1 Å². The first-order valence-corrected chi connectivity index (χ1v) is 4.98. The molecule has 0 saturated carbocycles. The molecule has 5 heteroatoms. The summed E-state index contributed by atoms with van der Waals surface area (Å²) in [6, 6.07) is 7.50. The number of nitrogen functional groups attached to an aromatic ring is 1. The molecule has 1 heterocycles. The average Bonchev–Trinajstić information content (AvgIpc) is 2.56. The van der Waals surface area contributed by atoms with E-state index in [4.69, 9.17) is 5.73 Å². The highest BCUT2D eigenvalue weighted by Crippen LogP contribution is 2.20. The fourth-order valence-corrected chi connectivity index (χ4v) is 1.65. The maximum atomic E-state index is 5.57. The van der Waals surface area contributed by atoms with Crippen LogP contribution in [-0.2, 0) is 0 Å². The first kappa shape index (κ1) is 8.96. The van der Waals surface area contributed by atoms with E-state index in [-0.39, 0.29) is 0 Å². The van der Waals surface area contributed by atoms with Gasteiger partial charge in [0.2, 0.25) is 5.13 Å². The molecule has 1 aromatic carbocycles. The van der Waals surface area contributed by atoms with Crippen LogP contribution in [0.3, 0.4) is 0 Å². The van der Waals surface area contributed by atoms with Gasteiger partial charge < -0.3 is 11.1 Å². The van der Waals surface area contributed by atoms with Gasteiger partial charge in [-0.2, -0.15) is 0 Å². The quantitative estimate of drug-likeness (QED) is 0.739. The van der Waals surface area contributed by atoms with Gasteiger partial charge >= 0.3 is 0 Å². The Morgan fingerprint density at radius 3 is 2.50 bits per heavy atom. The molecular weight excluding hydrogens is 196 g/mol. The van der Waals surface area contributed by atoms with Crippen LogP contribution in [0.25, 0.3) is 0 Å². The van der Waals surface area contributed by atoms with E-state index in [1.807, 2.05) is 31.2 Å². The summed E-state index contributed by atoms with van der Waals surface area (Å²) in [6.45, 7) is 1.92. The van der Waals surface area contributed by atoms with Gasteiger partial charge in [-0.05, 0) is 31.2 Å². The molecule has 4 nitrogen and oxygen atoms in total. The summed E-state index contributed by atoms with van der Waals surface area (Å²) in [7, 11) is 0. The fourth-order valence-electron chi connectivity index (χ4n) is 1.04. The predicted molar refractivity (Wildman–Crippen MR) is 58.8 cm³/mol. The summed E-state index contributed by atoms with van der Waals surface area (Å²) in [6.07, 6.45) is 0. The molecule has 0 amide bonds. The first-order chi connectivity index (χ1) is 6.74. The van der Waals surface area contributed by atoms with Crippen LogP contribution in [0.5, 0.6) is 0 Å². The molecule has 0 aliphatic rings. The van der Waals surface area contributed by atoms with E-state index < -0.39 is 0 Å². The second-order valence-corrected chi connectivity index (χ2v) is 4.05. The van der Waals surface area contributed by atoms with Crippen LogP contribution in [0.1, 0.15) is 5.01 Å². The van der Waals surface area contributed by atoms with Gasteiger partial charge in [0.15, 0.2) is 0 Å². The third-order valence-corrected chi connectivity index (χ3v) is 2.44. The van der Waals surface area contributed by atoms with Gasteiger partial charge in [0.25, 0.3) is 0 Å². The molecule has 0 radical (unpaired) electrons. The van der Waals surface area contributed by atoms with Gasteiger partial charge in [-0.3, -0.25) is 0 Å². The smallest absolute Gasteiger partial charge is 0.210 e. The third-order valence-electron chi connectivity index (χ3n) is 1.69. The minimum atomic E-state index is 0.754. The lowest BCUT2D eigenvalue weighted by molar-refractivity contribution is 1.05. The molecule has 0 aliphatic heterocycles. The lowest BCUT2D eigenvalue weighted by Gasteiger charge is -2.01. The van der Waals surface area contributed by atoms with Crippen molar-refractivity contribution in [3.63, 3.8) is 0 Å². The summed E-state index contributed by atoms with van der Waals surface area (Å²) in [5.74, 6) is 0. The molecule has 0 fully saturated rings. The van der Waals surface area contributed by atoms with Gasteiger partial charge in [0.05, 0.1) is 0 Å². The molecule has 0 atom stereocenters. The Kier molecular flexibility index (Phi) is 2.32. The lowest BCUT2D eigenvalue weighted by Crippen LogP contribution is -1.90. The Morgan fingerprint density at radius 2 is 1.93 bits per heavy atom. The fraction of sp³-hybridized carbons (Fsp3) is 0.111. The van der Waals surface area contributed by atoms with E-state index in [0.717, 1.165) is 21.5 Å². The molecule has 0 unspecified atom stereocenters. The van der Waals surface area contributed by atoms with Crippen molar-refractivity contribution in [2.45, 2.75) is 6.92 Å². The maximum Gasteiger partial charge on any atom is 0.210 e. The third kappa shape index (κ3) is 2.00. The molecule has 14 heavy (non-hydrogen) atoms. The van der Waals surface area contributed by atoms with Gasteiger partial charge in [-0.25, -0.2) is 0 Å². The highest BCUT2D eigenvalue weighted by atomic mass is 32.1. The molecule has 0 bridgehead atoms. The second-order valence-electron chi connectivity index (χ2n) is 2.87. The Balaban J connectivity index is 2.15. The number of aryl methyl sites for hydroxylation is 1. The molecule has 3 N–H and O–H groups in total.